The van der Waals surface area contributed by atoms with E-state index in [0.29, 0.717) is 17.9 Å². The van der Waals surface area contributed by atoms with Crippen molar-refractivity contribution in [1.82, 2.24) is 4.98 Å². The Hall–Kier alpha value is -1.51. The fourth-order valence-corrected chi connectivity index (χ4v) is 2.30. The van der Waals surface area contributed by atoms with Crippen molar-refractivity contribution < 1.29 is 4.42 Å². The van der Waals surface area contributed by atoms with Gasteiger partial charge in [0.25, 0.3) is 0 Å². The molecule has 19 heavy (non-hydrogen) atoms. The van der Waals surface area contributed by atoms with Gasteiger partial charge in [-0.05, 0) is 43.9 Å². The second-order valence-corrected chi connectivity index (χ2v) is 5.83. The molecule has 3 rings (SSSR count). The van der Waals surface area contributed by atoms with Crippen molar-refractivity contribution in [2.24, 2.45) is 5.92 Å². The number of nitrogens with one attached hydrogen (secondary N) is 1. The first-order chi connectivity index (χ1) is 9.17. The standard InChI is InChI=1S/C16H22N2O/c1-4-10(2)11(3)17-13-7-8-15-14(9-13)18-16(19-15)12-5-6-12/h7-12,17H,4-6H2,1-3H3. The van der Waals surface area contributed by atoms with E-state index >= 15 is 0 Å². The highest BCUT2D eigenvalue weighted by molar-refractivity contribution is 5.77. The Bertz CT molecular complexity index is 571. The Labute approximate surface area is 114 Å². The van der Waals surface area contributed by atoms with Gasteiger partial charge in [0.05, 0.1) is 0 Å². The molecule has 3 nitrogen and oxygen atoms in total. The monoisotopic (exact) mass is 258 g/mol. The van der Waals surface area contributed by atoms with Crippen LogP contribution in [0.3, 0.4) is 0 Å². The molecule has 0 amide bonds. The van der Waals surface area contributed by atoms with Crippen LogP contribution in [0, 0.1) is 5.92 Å². The predicted molar refractivity (Wildman–Crippen MR) is 78.5 cm³/mol. The fourth-order valence-electron chi connectivity index (χ4n) is 2.30. The largest absolute Gasteiger partial charge is 0.440 e. The number of hydrogen-bond donors (Lipinski definition) is 1. The molecule has 1 aromatic carbocycles. The molecule has 0 radical (unpaired) electrons. The molecule has 0 bridgehead atoms. The first kappa shape index (κ1) is 12.5. The molecule has 1 saturated carbocycles. The summed E-state index contributed by atoms with van der Waals surface area (Å²) in [7, 11) is 0. The quantitative estimate of drug-likeness (QED) is 0.854. The lowest BCUT2D eigenvalue weighted by molar-refractivity contribution is 0.494. The maximum Gasteiger partial charge on any atom is 0.198 e. The van der Waals surface area contributed by atoms with E-state index in [2.05, 4.69) is 43.2 Å². The molecule has 2 unspecified atom stereocenters. The molecule has 1 N–H and O–H groups in total. The molecule has 1 aromatic heterocycles. The average Bonchev–Trinajstić information content (AvgIpc) is 3.17. The Balaban J connectivity index is 1.80. The first-order valence-corrected chi connectivity index (χ1v) is 7.34. The van der Waals surface area contributed by atoms with Gasteiger partial charge in [0.1, 0.15) is 5.52 Å². The third-order valence-corrected chi connectivity index (χ3v) is 4.22. The van der Waals surface area contributed by atoms with E-state index in [1.807, 2.05) is 6.07 Å². The van der Waals surface area contributed by atoms with Gasteiger partial charge in [-0.2, -0.15) is 0 Å². The zero-order valence-corrected chi connectivity index (χ0v) is 11.9. The van der Waals surface area contributed by atoms with Gasteiger partial charge in [-0.1, -0.05) is 20.3 Å². The number of hydrogen-bond acceptors (Lipinski definition) is 3. The van der Waals surface area contributed by atoms with Crippen molar-refractivity contribution in [3.63, 3.8) is 0 Å². The molecule has 3 heteroatoms. The van der Waals surface area contributed by atoms with Gasteiger partial charge in [0, 0.05) is 17.6 Å². The van der Waals surface area contributed by atoms with E-state index in [1.54, 1.807) is 0 Å². The van der Waals surface area contributed by atoms with Crippen LogP contribution in [-0.4, -0.2) is 11.0 Å². The smallest absolute Gasteiger partial charge is 0.198 e. The van der Waals surface area contributed by atoms with Gasteiger partial charge in [-0.15, -0.1) is 0 Å². The first-order valence-electron chi connectivity index (χ1n) is 7.34. The molecule has 0 aliphatic heterocycles. The molecule has 0 spiro atoms. The van der Waals surface area contributed by atoms with Gasteiger partial charge in [0.15, 0.2) is 11.5 Å². The van der Waals surface area contributed by atoms with E-state index in [4.69, 9.17) is 4.42 Å². The van der Waals surface area contributed by atoms with Crippen LogP contribution in [0.4, 0.5) is 5.69 Å². The van der Waals surface area contributed by atoms with Crippen molar-refractivity contribution in [2.45, 2.75) is 52.0 Å². The van der Waals surface area contributed by atoms with Crippen LogP contribution in [0.2, 0.25) is 0 Å². The number of oxazole rings is 1. The van der Waals surface area contributed by atoms with Crippen molar-refractivity contribution in [2.75, 3.05) is 5.32 Å². The summed E-state index contributed by atoms with van der Waals surface area (Å²) < 4.78 is 5.78. The second-order valence-electron chi connectivity index (χ2n) is 5.83. The lowest BCUT2D eigenvalue weighted by atomic mass is 10.0. The van der Waals surface area contributed by atoms with Crippen LogP contribution in [0.5, 0.6) is 0 Å². The van der Waals surface area contributed by atoms with Gasteiger partial charge in [-0.3, -0.25) is 0 Å². The Morgan fingerprint density at radius 1 is 1.37 bits per heavy atom. The second kappa shape index (κ2) is 4.87. The van der Waals surface area contributed by atoms with Gasteiger partial charge >= 0.3 is 0 Å². The molecule has 2 aromatic rings. The van der Waals surface area contributed by atoms with E-state index in [0.717, 1.165) is 22.7 Å². The molecular formula is C16H22N2O. The summed E-state index contributed by atoms with van der Waals surface area (Å²) in [6.07, 6.45) is 3.64. The van der Waals surface area contributed by atoms with Crippen molar-refractivity contribution >= 4 is 16.8 Å². The van der Waals surface area contributed by atoms with Crippen molar-refractivity contribution in [3.8, 4) is 0 Å². The Morgan fingerprint density at radius 2 is 2.16 bits per heavy atom. The van der Waals surface area contributed by atoms with Crippen LogP contribution in [-0.2, 0) is 0 Å². The third kappa shape index (κ3) is 2.60. The molecule has 102 valence electrons. The zero-order chi connectivity index (χ0) is 13.4. The summed E-state index contributed by atoms with van der Waals surface area (Å²) in [5.41, 5.74) is 3.02. The molecule has 1 aliphatic rings. The number of anilines is 1. The summed E-state index contributed by atoms with van der Waals surface area (Å²) in [6.45, 7) is 6.74. The molecule has 1 aliphatic carbocycles. The van der Waals surface area contributed by atoms with Crippen molar-refractivity contribution in [1.29, 1.82) is 0 Å². The highest BCUT2D eigenvalue weighted by Crippen LogP contribution is 2.40. The predicted octanol–water partition coefficient (Wildman–Crippen LogP) is 4.55. The molecule has 0 saturated heterocycles. The van der Waals surface area contributed by atoms with Crippen LogP contribution in [0.25, 0.3) is 11.1 Å². The summed E-state index contributed by atoms with van der Waals surface area (Å²) in [5.74, 6) is 2.15. The Kier molecular flexibility index (Phi) is 3.21. The van der Waals surface area contributed by atoms with Crippen LogP contribution in [0.15, 0.2) is 22.6 Å². The summed E-state index contributed by atoms with van der Waals surface area (Å²) in [5, 5.41) is 3.56. The topological polar surface area (TPSA) is 38.1 Å². The minimum atomic E-state index is 0.470. The molecular weight excluding hydrogens is 236 g/mol. The maximum absolute atomic E-state index is 5.78. The van der Waals surface area contributed by atoms with E-state index < -0.39 is 0 Å². The van der Waals surface area contributed by atoms with Crippen LogP contribution >= 0.6 is 0 Å². The normalized spacial score (nSPS) is 18.5. The third-order valence-electron chi connectivity index (χ3n) is 4.22. The summed E-state index contributed by atoms with van der Waals surface area (Å²) in [4.78, 5) is 4.60. The lowest BCUT2D eigenvalue weighted by Crippen LogP contribution is -2.23. The van der Waals surface area contributed by atoms with Crippen molar-refractivity contribution in [3.05, 3.63) is 24.1 Å². The van der Waals surface area contributed by atoms with Gasteiger partial charge in [-0.25, -0.2) is 4.98 Å². The maximum atomic E-state index is 5.78. The van der Waals surface area contributed by atoms with Crippen LogP contribution in [0.1, 0.15) is 51.8 Å². The zero-order valence-electron chi connectivity index (χ0n) is 11.9. The summed E-state index contributed by atoms with van der Waals surface area (Å²) in [6, 6.07) is 6.68. The van der Waals surface area contributed by atoms with Crippen LogP contribution < -0.4 is 5.32 Å². The highest BCUT2D eigenvalue weighted by atomic mass is 16.3. The lowest BCUT2D eigenvalue weighted by Gasteiger charge is -2.20. The van der Waals surface area contributed by atoms with E-state index in [1.165, 1.54) is 19.3 Å². The van der Waals surface area contributed by atoms with Gasteiger partial charge in [0.2, 0.25) is 0 Å². The molecule has 2 atom stereocenters. The minimum absolute atomic E-state index is 0.470. The summed E-state index contributed by atoms with van der Waals surface area (Å²) >= 11 is 0. The fraction of sp³-hybridized carbons (Fsp3) is 0.562. The number of fused-ring (bicyclic) bond motifs is 1. The van der Waals surface area contributed by atoms with E-state index in [9.17, 15) is 0 Å². The Morgan fingerprint density at radius 3 is 2.84 bits per heavy atom. The molecule has 1 fully saturated rings. The van der Waals surface area contributed by atoms with Gasteiger partial charge < -0.3 is 9.73 Å². The molecule has 1 heterocycles. The minimum Gasteiger partial charge on any atom is -0.440 e. The highest BCUT2D eigenvalue weighted by Gasteiger charge is 2.28. The number of aromatic nitrogens is 1. The average molecular weight is 258 g/mol. The number of rotatable bonds is 5. The number of benzene rings is 1. The SMILES string of the molecule is CCC(C)C(C)Nc1ccc2oc(C3CC3)nc2c1. The number of nitrogens with zero attached hydrogens (tertiary/aromatic N) is 1. The van der Waals surface area contributed by atoms with E-state index in [-0.39, 0.29) is 0 Å².